The molecule has 0 bridgehead atoms. The Hall–Kier alpha value is -3.16. The van der Waals surface area contributed by atoms with Crippen LogP contribution in [0.15, 0.2) is 47.0 Å². The summed E-state index contributed by atoms with van der Waals surface area (Å²) >= 11 is 0. The molecule has 0 radical (unpaired) electrons. The fraction of sp³-hybridized carbons (Fsp3) is 0.320. The molecular formula is C25H27ClN4O3. The molecule has 4 heterocycles. The lowest BCUT2D eigenvalue weighted by Gasteiger charge is -2.19. The molecule has 1 fully saturated rings. The maximum atomic E-state index is 12.7. The second kappa shape index (κ2) is 9.37. The number of amides is 2. The number of halogens is 1. The van der Waals surface area contributed by atoms with Crippen LogP contribution in [0.3, 0.4) is 0 Å². The Morgan fingerprint density at radius 1 is 1.36 bits per heavy atom. The molecule has 0 saturated carbocycles. The third-order valence-electron chi connectivity index (χ3n) is 6.39. The Bertz CT molecular complexity index is 1240. The Labute approximate surface area is 198 Å². The van der Waals surface area contributed by atoms with Crippen molar-refractivity contribution in [1.82, 2.24) is 14.8 Å². The number of aromatic nitrogens is 1. The predicted octanol–water partition coefficient (Wildman–Crippen LogP) is 4.15. The number of likely N-dealkylation sites (N-methyl/N-ethyl adjacent to an activating group) is 1. The van der Waals surface area contributed by atoms with Crippen molar-refractivity contribution < 1.29 is 14.0 Å². The van der Waals surface area contributed by atoms with Crippen LogP contribution >= 0.6 is 12.4 Å². The number of furan rings is 1. The maximum absolute atomic E-state index is 12.7. The molecule has 1 aromatic carbocycles. The van der Waals surface area contributed by atoms with Crippen LogP contribution in [0, 0.1) is 6.92 Å². The van der Waals surface area contributed by atoms with E-state index in [0.29, 0.717) is 18.9 Å². The summed E-state index contributed by atoms with van der Waals surface area (Å²) in [6, 6.07) is 9.81. The van der Waals surface area contributed by atoms with Gasteiger partial charge in [0.2, 0.25) is 11.8 Å². The molecule has 172 valence electrons. The van der Waals surface area contributed by atoms with Crippen LogP contribution in [-0.4, -0.2) is 46.2 Å². The lowest BCUT2D eigenvalue weighted by Crippen LogP contribution is -2.36. The van der Waals surface area contributed by atoms with Gasteiger partial charge in [-0.2, -0.15) is 0 Å². The molecule has 1 N–H and O–H groups in total. The molecule has 1 atom stereocenters. The van der Waals surface area contributed by atoms with Gasteiger partial charge in [-0.15, -0.1) is 12.4 Å². The Morgan fingerprint density at radius 3 is 3.00 bits per heavy atom. The molecule has 8 heteroatoms. The van der Waals surface area contributed by atoms with Crippen LogP contribution in [0.4, 0.5) is 5.82 Å². The molecule has 1 unspecified atom stereocenters. The average molecular weight is 467 g/mol. The number of nitrogens with one attached hydrogen (secondary N) is 1. The van der Waals surface area contributed by atoms with E-state index in [4.69, 9.17) is 4.42 Å². The van der Waals surface area contributed by atoms with Crippen molar-refractivity contribution in [1.29, 1.82) is 0 Å². The number of rotatable bonds is 4. The third kappa shape index (κ3) is 4.51. The summed E-state index contributed by atoms with van der Waals surface area (Å²) in [6.07, 6.45) is 6.92. The Balaban J connectivity index is 0.00000259. The van der Waals surface area contributed by atoms with Crippen molar-refractivity contribution in [3.8, 4) is 0 Å². The quantitative estimate of drug-likeness (QED) is 0.584. The molecule has 5 rings (SSSR count). The van der Waals surface area contributed by atoms with E-state index in [-0.39, 0.29) is 30.3 Å². The number of carbonyl (C=O) groups is 2. The number of hydrogen-bond acceptors (Lipinski definition) is 5. The summed E-state index contributed by atoms with van der Waals surface area (Å²) < 4.78 is 5.93. The number of aryl methyl sites for hydroxylation is 1. The summed E-state index contributed by atoms with van der Waals surface area (Å²) in [6.45, 7) is 4.02. The molecular weight excluding hydrogens is 440 g/mol. The van der Waals surface area contributed by atoms with Gasteiger partial charge in [-0.25, -0.2) is 4.98 Å². The van der Waals surface area contributed by atoms with Crippen molar-refractivity contribution in [3.05, 3.63) is 65.1 Å². The van der Waals surface area contributed by atoms with E-state index in [0.717, 1.165) is 52.8 Å². The van der Waals surface area contributed by atoms with Gasteiger partial charge in [0.1, 0.15) is 17.2 Å². The molecule has 33 heavy (non-hydrogen) atoms. The normalized spacial score (nSPS) is 17.9. The second-order valence-electron chi connectivity index (χ2n) is 8.57. The molecule has 1 saturated heterocycles. The highest BCUT2D eigenvalue weighted by Crippen LogP contribution is 2.28. The summed E-state index contributed by atoms with van der Waals surface area (Å²) in [7, 11) is 1.76. The zero-order chi connectivity index (χ0) is 22.2. The minimum Gasteiger partial charge on any atom is -0.459 e. The molecule has 0 spiro atoms. The number of nitrogens with zero attached hydrogens (tertiary/aromatic N) is 3. The van der Waals surface area contributed by atoms with Crippen LogP contribution in [0.1, 0.15) is 35.3 Å². The minimum atomic E-state index is -0.118. The van der Waals surface area contributed by atoms with Gasteiger partial charge in [-0.3, -0.25) is 14.5 Å². The van der Waals surface area contributed by atoms with Gasteiger partial charge in [-0.05, 0) is 50.1 Å². The zero-order valence-corrected chi connectivity index (χ0v) is 19.5. The lowest BCUT2D eigenvalue weighted by atomic mass is 10.1. The highest BCUT2D eigenvalue weighted by molar-refractivity contribution is 5.96. The number of anilines is 1. The van der Waals surface area contributed by atoms with E-state index in [1.807, 2.05) is 37.3 Å². The van der Waals surface area contributed by atoms with Gasteiger partial charge >= 0.3 is 0 Å². The molecule has 2 aliphatic rings. The van der Waals surface area contributed by atoms with E-state index >= 15 is 0 Å². The van der Waals surface area contributed by atoms with Crippen molar-refractivity contribution in [2.24, 2.45) is 0 Å². The van der Waals surface area contributed by atoms with Crippen LogP contribution in [0.25, 0.3) is 17.0 Å². The monoisotopic (exact) mass is 466 g/mol. The zero-order valence-electron chi connectivity index (χ0n) is 18.7. The molecule has 2 aliphatic heterocycles. The first kappa shape index (κ1) is 23.0. The highest BCUT2D eigenvalue weighted by Gasteiger charge is 2.34. The van der Waals surface area contributed by atoms with Gasteiger partial charge in [0, 0.05) is 42.4 Å². The third-order valence-corrected chi connectivity index (χ3v) is 6.39. The number of fused-ring (bicyclic) bond motifs is 3. The Morgan fingerprint density at radius 2 is 2.18 bits per heavy atom. The number of pyridine rings is 1. The Kier molecular flexibility index (Phi) is 6.54. The molecule has 7 nitrogen and oxygen atoms in total. The summed E-state index contributed by atoms with van der Waals surface area (Å²) in [4.78, 5) is 33.4. The first-order chi connectivity index (χ1) is 15.5. The van der Waals surface area contributed by atoms with Gasteiger partial charge < -0.3 is 14.6 Å². The first-order valence-corrected chi connectivity index (χ1v) is 10.9. The van der Waals surface area contributed by atoms with E-state index in [1.165, 1.54) is 0 Å². The van der Waals surface area contributed by atoms with E-state index in [9.17, 15) is 9.59 Å². The summed E-state index contributed by atoms with van der Waals surface area (Å²) in [5.74, 6) is 1.31. The van der Waals surface area contributed by atoms with Crippen molar-refractivity contribution in [3.63, 3.8) is 0 Å². The number of hydrogen-bond donors (Lipinski definition) is 1. The lowest BCUT2D eigenvalue weighted by molar-refractivity contribution is -0.125. The highest BCUT2D eigenvalue weighted by atomic mass is 35.5. The van der Waals surface area contributed by atoms with Crippen molar-refractivity contribution in [2.75, 3.05) is 18.9 Å². The smallest absolute Gasteiger partial charge is 0.246 e. The van der Waals surface area contributed by atoms with E-state index in [1.54, 1.807) is 30.3 Å². The van der Waals surface area contributed by atoms with E-state index in [2.05, 4.69) is 15.2 Å². The molecule has 0 aliphatic carbocycles. The largest absolute Gasteiger partial charge is 0.459 e. The van der Waals surface area contributed by atoms with Crippen LogP contribution in [-0.2, 0) is 22.7 Å². The summed E-state index contributed by atoms with van der Waals surface area (Å²) in [5, 5.41) is 4.02. The van der Waals surface area contributed by atoms with Crippen molar-refractivity contribution >= 4 is 47.1 Å². The average Bonchev–Trinajstić information content (AvgIpc) is 3.35. The topological polar surface area (TPSA) is 78.7 Å². The first-order valence-electron chi connectivity index (χ1n) is 10.9. The van der Waals surface area contributed by atoms with Crippen molar-refractivity contribution in [2.45, 2.75) is 38.9 Å². The second-order valence-corrected chi connectivity index (χ2v) is 8.57. The van der Waals surface area contributed by atoms with Gasteiger partial charge in [0.25, 0.3) is 0 Å². The van der Waals surface area contributed by atoms with Gasteiger partial charge in [0.05, 0.1) is 12.6 Å². The fourth-order valence-electron chi connectivity index (χ4n) is 4.55. The SMILES string of the molecule is Cc1c(CN(C)C(=O)/C=C/c2cnc3c(c2)CN2CCCC2C(=O)N3)oc2ccccc12.Cl. The maximum Gasteiger partial charge on any atom is 0.246 e. The molecule has 2 aromatic heterocycles. The molecule has 2 amide bonds. The predicted molar refractivity (Wildman–Crippen MR) is 130 cm³/mol. The van der Waals surface area contributed by atoms with Crippen LogP contribution in [0.2, 0.25) is 0 Å². The number of para-hydroxylation sites is 1. The number of carbonyl (C=O) groups excluding carboxylic acids is 2. The van der Waals surface area contributed by atoms with Crippen LogP contribution < -0.4 is 5.32 Å². The molecule has 3 aromatic rings. The standard InChI is InChI=1S/C25H26N4O3.ClH/c1-16-19-6-3-4-8-21(19)32-22(16)15-28(2)23(30)10-9-17-12-18-14-29-11-5-7-20(29)25(31)27-24(18)26-13-17;/h3-4,6,8-10,12-13,20H,5,7,11,14-15H2,1-2H3,(H,26,27,31);1H/b10-9+;. The van der Waals surface area contributed by atoms with Gasteiger partial charge in [0.15, 0.2) is 0 Å². The van der Waals surface area contributed by atoms with Crippen LogP contribution in [0.5, 0.6) is 0 Å². The summed E-state index contributed by atoms with van der Waals surface area (Å²) in [5.41, 5.74) is 3.70. The fourth-order valence-corrected chi connectivity index (χ4v) is 4.55. The van der Waals surface area contributed by atoms with E-state index < -0.39 is 0 Å². The minimum absolute atomic E-state index is 0. The van der Waals surface area contributed by atoms with Gasteiger partial charge in [-0.1, -0.05) is 18.2 Å². The number of benzene rings is 1.